The highest BCUT2D eigenvalue weighted by Gasteiger charge is 2.32. The topological polar surface area (TPSA) is 83.5 Å². The molecule has 1 aliphatic rings. The van der Waals surface area contributed by atoms with Gasteiger partial charge in [-0.3, -0.25) is 4.79 Å². The molecule has 9 heteroatoms. The standard InChI is InChI=1S/C13H19ClN4O3S/c1-4-22(20,21)11-5-15-13(16-6-11)18-8-9(2)17(12(14)19)7-10(18)3/h5-6,9-10H,4,7-8H2,1-3H3/t9-,10+/m1/s1. The number of rotatable bonds is 3. The van der Waals surface area contributed by atoms with Crippen LogP contribution in [-0.2, 0) is 9.84 Å². The molecule has 2 atom stereocenters. The van der Waals surface area contributed by atoms with E-state index in [2.05, 4.69) is 9.97 Å². The molecule has 0 aromatic carbocycles. The van der Waals surface area contributed by atoms with E-state index in [1.165, 1.54) is 12.4 Å². The number of piperazine rings is 1. The molecule has 1 aromatic rings. The highest BCUT2D eigenvalue weighted by Crippen LogP contribution is 2.21. The molecule has 0 N–H and O–H groups in total. The van der Waals surface area contributed by atoms with E-state index in [0.29, 0.717) is 19.0 Å². The molecule has 0 spiro atoms. The van der Waals surface area contributed by atoms with Gasteiger partial charge in [0.05, 0.1) is 18.1 Å². The van der Waals surface area contributed by atoms with E-state index in [-0.39, 0.29) is 22.7 Å². The molecule has 2 rings (SSSR count). The summed E-state index contributed by atoms with van der Waals surface area (Å²) in [5, 5.41) is -0.468. The Morgan fingerprint density at radius 1 is 1.27 bits per heavy atom. The van der Waals surface area contributed by atoms with Crippen LogP contribution in [0.2, 0.25) is 0 Å². The summed E-state index contributed by atoms with van der Waals surface area (Å²) in [5.74, 6) is 0.468. The summed E-state index contributed by atoms with van der Waals surface area (Å²) < 4.78 is 23.5. The maximum Gasteiger partial charge on any atom is 0.316 e. The van der Waals surface area contributed by atoms with Gasteiger partial charge in [-0.2, -0.15) is 0 Å². The number of hydrogen-bond donors (Lipinski definition) is 0. The monoisotopic (exact) mass is 346 g/mol. The first-order valence-electron chi connectivity index (χ1n) is 7.03. The molecule has 1 fully saturated rings. The minimum atomic E-state index is -3.30. The van der Waals surface area contributed by atoms with Crippen LogP contribution < -0.4 is 4.90 Å². The predicted molar refractivity (Wildman–Crippen MR) is 84.0 cm³/mol. The predicted octanol–water partition coefficient (Wildman–Crippen LogP) is 1.53. The number of amides is 1. The lowest BCUT2D eigenvalue weighted by Crippen LogP contribution is -2.57. The van der Waals surface area contributed by atoms with Crippen molar-refractivity contribution >= 4 is 32.8 Å². The Kier molecular flexibility index (Phi) is 4.91. The Morgan fingerprint density at radius 3 is 2.36 bits per heavy atom. The van der Waals surface area contributed by atoms with Crippen LogP contribution in [0.1, 0.15) is 20.8 Å². The smallest absolute Gasteiger partial charge is 0.316 e. The van der Waals surface area contributed by atoms with Crippen molar-refractivity contribution in [1.29, 1.82) is 0 Å². The van der Waals surface area contributed by atoms with Gasteiger partial charge in [-0.05, 0) is 25.4 Å². The van der Waals surface area contributed by atoms with Crippen molar-refractivity contribution in [3.05, 3.63) is 12.4 Å². The number of carbonyl (C=O) groups is 1. The fourth-order valence-corrected chi connectivity index (χ4v) is 3.43. The van der Waals surface area contributed by atoms with Gasteiger partial charge in [0.25, 0.3) is 0 Å². The number of nitrogens with zero attached hydrogens (tertiary/aromatic N) is 4. The first-order valence-corrected chi connectivity index (χ1v) is 9.06. The van der Waals surface area contributed by atoms with E-state index in [1.54, 1.807) is 11.8 Å². The van der Waals surface area contributed by atoms with Crippen LogP contribution >= 0.6 is 11.6 Å². The molecule has 22 heavy (non-hydrogen) atoms. The van der Waals surface area contributed by atoms with Gasteiger partial charge in [-0.15, -0.1) is 0 Å². The minimum Gasteiger partial charge on any atom is -0.334 e. The van der Waals surface area contributed by atoms with Gasteiger partial charge in [-0.1, -0.05) is 6.92 Å². The van der Waals surface area contributed by atoms with Crippen molar-refractivity contribution in [1.82, 2.24) is 14.9 Å². The first-order chi connectivity index (χ1) is 10.3. The molecule has 1 aliphatic heterocycles. The second-order valence-corrected chi connectivity index (χ2v) is 7.98. The molecule has 0 radical (unpaired) electrons. The number of hydrogen-bond acceptors (Lipinski definition) is 6. The largest absolute Gasteiger partial charge is 0.334 e. The Bertz CT molecular complexity index is 650. The Labute approximate surface area is 135 Å². The Morgan fingerprint density at radius 2 is 1.86 bits per heavy atom. The maximum atomic E-state index is 11.8. The third-order valence-corrected chi connectivity index (χ3v) is 5.73. The van der Waals surface area contributed by atoms with Crippen LogP contribution in [0.4, 0.5) is 10.7 Å². The molecule has 2 heterocycles. The Hall–Kier alpha value is -1.41. The van der Waals surface area contributed by atoms with Gasteiger partial charge in [0.1, 0.15) is 4.90 Å². The Balaban J connectivity index is 2.21. The molecule has 1 aromatic heterocycles. The fraction of sp³-hybridized carbons (Fsp3) is 0.615. The van der Waals surface area contributed by atoms with E-state index >= 15 is 0 Å². The van der Waals surface area contributed by atoms with Gasteiger partial charge in [-0.25, -0.2) is 18.4 Å². The van der Waals surface area contributed by atoms with Gasteiger partial charge in [0.2, 0.25) is 5.95 Å². The molecule has 0 unspecified atom stereocenters. The summed E-state index contributed by atoms with van der Waals surface area (Å²) >= 11 is 5.57. The number of sulfone groups is 1. The molecule has 0 saturated carbocycles. The fourth-order valence-electron chi connectivity index (χ4n) is 2.44. The van der Waals surface area contributed by atoms with Crippen molar-refractivity contribution in [3.63, 3.8) is 0 Å². The molecule has 0 bridgehead atoms. The van der Waals surface area contributed by atoms with Crippen LogP contribution in [0.5, 0.6) is 0 Å². The van der Waals surface area contributed by atoms with E-state index in [0.717, 1.165) is 0 Å². The van der Waals surface area contributed by atoms with Crippen molar-refractivity contribution in [2.45, 2.75) is 37.8 Å². The SMILES string of the molecule is CCS(=O)(=O)c1cnc(N2C[C@@H](C)N(C(=O)Cl)C[C@@H]2C)nc1. The second kappa shape index (κ2) is 6.37. The van der Waals surface area contributed by atoms with E-state index in [1.807, 2.05) is 18.7 Å². The number of aromatic nitrogens is 2. The van der Waals surface area contributed by atoms with E-state index < -0.39 is 15.2 Å². The molecule has 0 aliphatic carbocycles. The summed E-state index contributed by atoms with van der Waals surface area (Å²) in [6.07, 6.45) is 2.66. The van der Waals surface area contributed by atoms with Gasteiger partial charge < -0.3 is 9.80 Å². The van der Waals surface area contributed by atoms with Crippen LogP contribution in [0.25, 0.3) is 0 Å². The zero-order valence-corrected chi connectivity index (χ0v) is 14.3. The average molecular weight is 347 g/mol. The van der Waals surface area contributed by atoms with Crippen LogP contribution in [-0.4, -0.2) is 59.6 Å². The quantitative estimate of drug-likeness (QED) is 0.609. The molecular weight excluding hydrogens is 328 g/mol. The lowest BCUT2D eigenvalue weighted by atomic mass is 10.1. The minimum absolute atomic E-state index is 0.00691. The van der Waals surface area contributed by atoms with Gasteiger partial charge in [0.15, 0.2) is 9.84 Å². The van der Waals surface area contributed by atoms with Crippen LogP contribution in [0.3, 0.4) is 0 Å². The molecule has 7 nitrogen and oxygen atoms in total. The summed E-state index contributed by atoms with van der Waals surface area (Å²) in [6, 6.07) is -0.0728. The van der Waals surface area contributed by atoms with Crippen molar-refractivity contribution in [3.8, 4) is 0 Å². The molecular formula is C13H19ClN4O3S. The number of halogens is 1. The number of carbonyl (C=O) groups excluding carboxylic acids is 1. The lowest BCUT2D eigenvalue weighted by Gasteiger charge is -2.43. The first kappa shape index (κ1) is 17.0. The van der Waals surface area contributed by atoms with Crippen molar-refractivity contribution < 1.29 is 13.2 Å². The van der Waals surface area contributed by atoms with E-state index in [9.17, 15) is 13.2 Å². The zero-order chi connectivity index (χ0) is 16.5. The summed E-state index contributed by atoms with van der Waals surface area (Å²) in [5.41, 5.74) is 0. The van der Waals surface area contributed by atoms with Crippen LogP contribution in [0, 0.1) is 0 Å². The third kappa shape index (κ3) is 3.33. The van der Waals surface area contributed by atoms with E-state index in [4.69, 9.17) is 11.6 Å². The van der Waals surface area contributed by atoms with Crippen LogP contribution in [0.15, 0.2) is 17.3 Å². The van der Waals surface area contributed by atoms with Crippen molar-refractivity contribution in [2.24, 2.45) is 0 Å². The molecule has 1 saturated heterocycles. The lowest BCUT2D eigenvalue weighted by molar-refractivity contribution is 0.182. The molecule has 122 valence electrons. The van der Waals surface area contributed by atoms with Gasteiger partial charge in [0, 0.05) is 25.2 Å². The van der Waals surface area contributed by atoms with Crippen molar-refractivity contribution in [2.75, 3.05) is 23.7 Å². The molecule has 1 amide bonds. The summed E-state index contributed by atoms with van der Waals surface area (Å²) in [4.78, 5) is 23.4. The average Bonchev–Trinajstić information content (AvgIpc) is 2.49. The number of anilines is 1. The zero-order valence-electron chi connectivity index (χ0n) is 12.7. The highest BCUT2D eigenvalue weighted by molar-refractivity contribution is 7.91. The normalized spacial score (nSPS) is 22.7. The summed E-state index contributed by atoms with van der Waals surface area (Å²) in [6.45, 7) is 6.44. The highest BCUT2D eigenvalue weighted by atomic mass is 35.5. The van der Waals surface area contributed by atoms with Gasteiger partial charge >= 0.3 is 5.37 Å². The maximum absolute atomic E-state index is 11.8. The third-order valence-electron chi connectivity index (χ3n) is 3.82. The second-order valence-electron chi connectivity index (χ2n) is 5.38. The summed E-state index contributed by atoms with van der Waals surface area (Å²) in [7, 11) is -3.30.